The summed E-state index contributed by atoms with van der Waals surface area (Å²) in [5.74, 6) is 0. The first-order chi connectivity index (χ1) is 10.8. The summed E-state index contributed by atoms with van der Waals surface area (Å²) in [6.45, 7) is 0. The van der Waals surface area contributed by atoms with Crippen molar-refractivity contribution in [3.05, 3.63) is 48.0 Å². The molecule has 0 saturated heterocycles. The number of rotatable bonds is 3. The second-order valence-electron chi connectivity index (χ2n) is 4.63. The van der Waals surface area contributed by atoms with E-state index in [-0.39, 0.29) is 5.69 Å². The van der Waals surface area contributed by atoms with Gasteiger partial charge < -0.3 is 0 Å². The van der Waals surface area contributed by atoms with Crippen molar-refractivity contribution in [2.24, 2.45) is 0 Å². The first-order valence-corrected chi connectivity index (χ1v) is 7.75. The maximum Gasteiger partial charge on any atom is 0.417 e. The van der Waals surface area contributed by atoms with Crippen molar-refractivity contribution >= 4 is 26.7 Å². The first-order valence-electron chi connectivity index (χ1n) is 6.27. The topological polar surface area (TPSA) is 87.7 Å². The second kappa shape index (κ2) is 5.23. The predicted molar refractivity (Wildman–Crippen MR) is 76.1 cm³/mol. The highest BCUT2D eigenvalue weighted by Gasteiger charge is 2.36. The Labute approximate surface area is 128 Å². The van der Waals surface area contributed by atoms with Crippen LogP contribution in [0, 0.1) is 0 Å². The van der Waals surface area contributed by atoms with Crippen LogP contribution >= 0.6 is 0 Å². The van der Waals surface area contributed by atoms with E-state index in [0.717, 1.165) is 18.2 Å². The SMILES string of the molecule is O=S(=O)(Nc1ccc2n[nH]nc2c1)c1ccccc1C(F)(F)F. The summed E-state index contributed by atoms with van der Waals surface area (Å²) < 4.78 is 65.6. The molecule has 0 amide bonds. The molecule has 3 aromatic rings. The largest absolute Gasteiger partial charge is 0.417 e. The third-order valence-corrected chi connectivity index (χ3v) is 4.49. The van der Waals surface area contributed by atoms with Gasteiger partial charge in [-0.1, -0.05) is 12.1 Å². The Morgan fingerprint density at radius 3 is 2.43 bits per heavy atom. The van der Waals surface area contributed by atoms with Crippen LogP contribution in [-0.4, -0.2) is 23.8 Å². The number of fused-ring (bicyclic) bond motifs is 1. The van der Waals surface area contributed by atoms with Crippen molar-refractivity contribution < 1.29 is 21.6 Å². The van der Waals surface area contributed by atoms with Gasteiger partial charge in [0.2, 0.25) is 0 Å². The summed E-state index contributed by atoms with van der Waals surface area (Å²) in [6, 6.07) is 8.22. The number of benzene rings is 2. The van der Waals surface area contributed by atoms with Crippen LogP contribution in [0.2, 0.25) is 0 Å². The van der Waals surface area contributed by atoms with E-state index in [4.69, 9.17) is 0 Å². The summed E-state index contributed by atoms with van der Waals surface area (Å²) >= 11 is 0. The van der Waals surface area contributed by atoms with Crippen LogP contribution in [0.3, 0.4) is 0 Å². The molecule has 0 atom stereocenters. The molecule has 2 N–H and O–H groups in total. The molecule has 6 nitrogen and oxygen atoms in total. The fourth-order valence-electron chi connectivity index (χ4n) is 2.05. The lowest BCUT2D eigenvalue weighted by molar-refractivity contribution is -0.139. The monoisotopic (exact) mass is 342 g/mol. The Hall–Kier alpha value is -2.62. The number of H-pyrrole nitrogens is 1. The third-order valence-electron chi connectivity index (χ3n) is 3.05. The molecule has 0 radical (unpaired) electrons. The molecule has 0 saturated carbocycles. The van der Waals surface area contributed by atoms with Crippen LogP contribution in [0.1, 0.15) is 5.56 Å². The molecule has 0 bridgehead atoms. The highest BCUT2D eigenvalue weighted by atomic mass is 32.2. The van der Waals surface area contributed by atoms with E-state index >= 15 is 0 Å². The summed E-state index contributed by atoms with van der Waals surface area (Å²) in [6.07, 6.45) is -4.78. The number of hydrogen-bond acceptors (Lipinski definition) is 4. The minimum atomic E-state index is -4.78. The number of nitrogens with one attached hydrogen (secondary N) is 2. The Bertz CT molecular complexity index is 967. The zero-order valence-electron chi connectivity index (χ0n) is 11.3. The lowest BCUT2D eigenvalue weighted by Gasteiger charge is -2.14. The van der Waals surface area contributed by atoms with Crippen molar-refractivity contribution in [1.82, 2.24) is 15.4 Å². The van der Waals surface area contributed by atoms with Crippen LogP contribution in [0.4, 0.5) is 18.9 Å². The van der Waals surface area contributed by atoms with Crippen molar-refractivity contribution in [2.45, 2.75) is 11.1 Å². The number of alkyl halides is 3. The van der Waals surface area contributed by atoms with Gasteiger partial charge in [0.15, 0.2) is 0 Å². The van der Waals surface area contributed by atoms with Crippen LogP contribution in [0.15, 0.2) is 47.4 Å². The summed E-state index contributed by atoms with van der Waals surface area (Å²) in [7, 11) is -4.41. The van der Waals surface area contributed by atoms with E-state index in [2.05, 4.69) is 20.1 Å². The number of anilines is 1. The average molecular weight is 342 g/mol. The van der Waals surface area contributed by atoms with Gasteiger partial charge in [-0.05, 0) is 30.3 Å². The van der Waals surface area contributed by atoms with Crippen LogP contribution in [0.5, 0.6) is 0 Å². The molecule has 3 rings (SSSR count). The normalized spacial score (nSPS) is 12.5. The number of sulfonamides is 1. The van der Waals surface area contributed by atoms with E-state index in [1.165, 1.54) is 24.3 Å². The van der Waals surface area contributed by atoms with E-state index in [9.17, 15) is 21.6 Å². The fraction of sp³-hybridized carbons (Fsp3) is 0.0769. The van der Waals surface area contributed by atoms with Gasteiger partial charge >= 0.3 is 6.18 Å². The summed E-state index contributed by atoms with van der Waals surface area (Å²) in [5, 5.41) is 9.95. The molecule has 1 heterocycles. The molecule has 0 fully saturated rings. The van der Waals surface area contributed by atoms with Crippen molar-refractivity contribution in [1.29, 1.82) is 0 Å². The quantitative estimate of drug-likeness (QED) is 0.766. The number of aromatic amines is 1. The highest BCUT2D eigenvalue weighted by molar-refractivity contribution is 7.92. The molecule has 120 valence electrons. The van der Waals surface area contributed by atoms with E-state index < -0.39 is 26.7 Å². The molecular formula is C13H9F3N4O2S. The number of nitrogens with zero attached hydrogens (tertiary/aromatic N) is 2. The summed E-state index contributed by atoms with van der Waals surface area (Å²) in [5.41, 5.74) is -0.253. The van der Waals surface area contributed by atoms with Crippen LogP contribution < -0.4 is 4.72 Å². The molecule has 0 aliphatic carbocycles. The average Bonchev–Trinajstić information content (AvgIpc) is 2.93. The molecule has 0 unspecified atom stereocenters. The lowest BCUT2D eigenvalue weighted by atomic mass is 10.2. The Balaban J connectivity index is 2.02. The van der Waals surface area contributed by atoms with E-state index in [1.54, 1.807) is 0 Å². The molecule has 2 aromatic carbocycles. The minimum Gasteiger partial charge on any atom is -0.280 e. The predicted octanol–water partition coefficient (Wildman–Crippen LogP) is 2.78. The second-order valence-corrected chi connectivity index (χ2v) is 6.28. The lowest BCUT2D eigenvalue weighted by Crippen LogP contribution is -2.18. The molecule has 23 heavy (non-hydrogen) atoms. The Morgan fingerprint density at radius 2 is 1.70 bits per heavy atom. The zero-order chi connectivity index (χ0) is 16.7. The molecule has 0 spiro atoms. The van der Waals surface area contributed by atoms with Gasteiger partial charge in [0.05, 0.1) is 16.1 Å². The highest BCUT2D eigenvalue weighted by Crippen LogP contribution is 2.34. The Kier molecular flexibility index (Phi) is 3.48. The Morgan fingerprint density at radius 1 is 1.00 bits per heavy atom. The van der Waals surface area contributed by atoms with Gasteiger partial charge in [0.25, 0.3) is 10.0 Å². The van der Waals surface area contributed by atoms with E-state index in [1.807, 2.05) is 0 Å². The van der Waals surface area contributed by atoms with Crippen molar-refractivity contribution in [3.63, 3.8) is 0 Å². The zero-order valence-corrected chi connectivity index (χ0v) is 12.1. The molecule has 10 heteroatoms. The standard InChI is InChI=1S/C13H9F3N4O2S/c14-13(15,16)9-3-1-2-4-12(9)23(21,22)19-8-5-6-10-11(7-8)18-20-17-10/h1-7,19H,(H,17,18,20). The van der Waals surface area contributed by atoms with Gasteiger partial charge in [-0.2, -0.15) is 28.6 Å². The van der Waals surface area contributed by atoms with Crippen LogP contribution in [-0.2, 0) is 16.2 Å². The maximum atomic E-state index is 13.0. The number of aromatic nitrogens is 3. The molecule has 1 aromatic heterocycles. The van der Waals surface area contributed by atoms with Gasteiger partial charge in [0, 0.05) is 0 Å². The van der Waals surface area contributed by atoms with Gasteiger partial charge in [-0.3, -0.25) is 4.72 Å². The summed E-state index contributed by atoms with van der Waals surface area (Å²) in [4.78, 5) is -0.840. The number of hydrogen-bond donors (Lipinski definition) is 2. The first kappa shape index (κ1) is 15.3. The smallest absolute Gasteiger partial charge is 0.280 e. The number of halogens is 3. The van der Waals surface area contributed by atoms with Crippen molar-refractivity contribution in [2.75, 3.05) is 4.72 Å². The molecule has 0 aliphatic rings. The van der Waals surface area contributed by atoms with Gasteiger partial charge in [0.1, 0.15) is 11.0 Å². The van der Waals surface area contributed by atoms with Gasteiger partial charge in [-0.15, -0.1) is 0 Å². The minimum absolute atomic E-state index is 0.0865. The third kappa shape index (κ3) is 2.97. The van der Waals surface area contributed by atoms with Gasteiger partial charge in [-0.25, -0.2) is 8.42 Å². The maximum absolute atomic E-state index is 13.0. The van der Waals surface area contributed by atoms with E-state index in [0.29, 0.717) is 11.0 Å². The molecular weight excluding hydrogens is 333 g/mol. The molecule has 0 aliphatic heterocycles. The van der Waals surface area contributed by atoms with Crippen LogP contribution in [0.25, 0.3) is 11.0 Å². The van der Waals surface area contributed by atoms with Crippen molar-refractivity contribution in [3.8, 4) is 0 Å². The fourth-order valence-corrected chi connectivity index (χ4v) is 3.33.